The zero-order valence-corrected chi connectivity index (χ0v) is 17.4. The number of nitrogens with one attached hydrogen (secondary N) is 1. The van der Waals surface area contributed by atoms with Crippen LogP contribution in [-0.4, -0.2) is 16.8 Å². The molecular weight excluding hydrogens is 397 g/mol. The van der Waals surface area contributed by atoms with Crippen molar-refractivity contribution >= 4 is 28.5 Å². The van der Waals surface area contributed by atoms with Gasteiger partial charge in [0.25, 0.3) is 5.91 Å². The van der Waals surface area contributed by atoms with Crippen LogP contribution in [0.15, 0.2) is 77.8 Å². The van der Waals surface area contributed by atoms with Crippen LogP contribution in [0.3, 0.4) is 0 Å². The highest BCUT2D eigenvalue weighted by atomic mass is 32.2. The second kappa shape index (κ2) is 8.32. The zero-order chi connectivity index (χ0) is 21.1. The molecule has 3 N–H and O–H groups in total. The highest BCUT2D eigenvalue weighted by Gasteiger charge is 2.30. The SMILES string of the molecule is CC1(c2ccc(F)c(NC(=O)c3ccc(-c4ccccc4)cc3)c2)CCSC(N)=N1. The second-order valence-corrected chi connectivity index (χ2v) is 8.53. The van der Waals surface area contributed by atoms with Crippen LogP contribution < -0.4 is 11.1 Å². The van der Waals surface area contributed by atoms with Crippen LogP contribution in [0.5, 0.6) is 0 Å². The minimum Gasteiger partial charge on any atom is -0.379 e. The zero-order valence-electron chi connectivity index (χ0n) is 16.6. The molecule has 152 valence electrons. The molecule has 4 rings (SSSR count). The number of carbonyl (C=O) groups excluding carboxylic acids is 1. The Morgan fingerprint density at radius 1 is 1.07 bits per heavy atom. The fourth-order valence-corrected chi connectivity index (χ4v) is 4.46. The van der Waals surface area contributed by atoms with Gasteiger partial charge in [0.1, 0.15) is 5.82 Å². The van der Waals surface area contributed by atoms with Crippen molar-refractivity contribution in [2.45, 2.75) is 18.9 Å². The predicted octanol–water partition coefficient (Wildman–Crippen LogP) is 5.41. The normalized spacial score (nSPS) is 18.5. The Morgan fingerprint density at radius 2 is 1.77 bits per heavy atom. The lowest BCUT2D eigenvalue weighted by atomic mass is 9.89. The predicted molar refractivity (Wildman–Crippen MR) is 122 cm³/mol. The van der Waals surface area contributed by atoms with Gasteiger partial charge in [0, 0.05) is 11.3 Å². The first-order valence-corrected chi connectivity index (χ1v) is 10.7. The molecule has 1 unspecified atom stereocenters. The van der Waals surface area contributed by atoms with E-state index in [4.69, 9.17) is 5.73 Å². The Balaban J connectivity index is 1.55. The lowest BCUT2D eigenvalue weighted by molar-refractivity contribution is 0.102. The molecule has 0 aromatic heterocycles. The van der Waals surface area contributed by atoms with Gasteiger partial charge in [-0.25, -0.2) is 4.39 Å². The number of halogens is 1. The highest BCUT2D eigenvalue weighted by molar-refractivity contribution is 8.13. The number of thioether (sulfide) groups is 1. The van der Waals surface area contributed by atoms with E-state index in [1.807, 2.05) is 49.4 Å². The third-order valence-corrected chi connectivity index (χ3v) is 6.08. The maximum Gasteiger partial charge on any atom is 0.255 e. The van der Waals surface area contributed by atoms with E-state index in [0.717, 1.165) is 28.9 Å². The number of carbonyl (C=O) groups is 1. The summed E-state index contributed by atoms with van der Waals surface area (Å²) in [6.45, 7) is 1.97. The van der Waals surface area contributed by atoms with Crippen LogP contribution in [-0.2, 0) is 5.54 Å². The summed E-state index contributed by atoms with van der Waals surface area (Å²) in [4.78, 5) is 17.3. The van der Waals surface area contributed by atoms with Gasteiger partial charge >= 0.3 is 0 Å². The Labute approximate surface area is 179 Å². The standard InChI is InChI=1S/C24H22FN3OS/c1-24(13-14-30-23(26)28-24)19-11-12-20(25)21(15-19)27-22(29)18-9-7-17(8-10-18)16-5-3-2-4-6-16/h2-12,15H,13-14H2,1H3,(H2,26,28)(H,27,29). The molecular formula is C24H22FN3OS. The molecule has 1 heterocycles. The van der Waals surface area contributed by atoms with Gasteiger partial charge in [0.2, 0.25) is 0 Å². The molecule has 1 amide bonds. The Kier molecular flexibility index (Phi) is 5.59. The second-order valence-electron chi connectivity index (χ2n) is 7.41. The van der Waals surface area contributed by atoms with Gasteiger partial charge in [-0.05, 0) is 54.3 Å². The van der Waals surface area contributed by atoms with Crippen molar-refractivity contribution in [2.24, 2.45) is 10.7 Å². The van der Waals surface area contributed by atoms with Gasteiger partial charge in [-0.1, -0.05) is 60.3 Å². The average Bonchev–Trinajstić information content (AvgIpc) is 2.76. The van der Waals surface area contributed by atoms with Crippen LogP contribution in [0.1, 0.15) is 29.3 Å². The van der Waals surface area contributed by atoms with E-state index in [1.54, 1.807) is 24.3 Å². The number of hydrogen-bond donors (Lipinski definition) is 2. The number of hydrogen-bond acceptors (Lipinski definition) is 4. The minimum atomic E-state index is -0.528. The summed E-state index contributed by atoms with van der Waals surface area (Å²) in [6, 6.07) is 21.9. The number of anilines is 1. The molecule has 0 spiro atoms. The number of amides is 1. The number of nitrogens with two attached hydrogens (primary N) is 1. The van der Waals surface area contributed by atoms with E-state index in [2.05, 4.69) is 10.3 Å². The molecule has 6 heteroatoms. The summed E-state index contributed by atoms with van der Waals surface area (Å²) in [5, 5.41) is 3.22. The molecule has 3 aromatic rings. The maximum absolute atomic E-state index is 14.4. The molecule has 0 aliphatic carbocycles. The van der Waals surface area contributed by atoms with Gasteiger partial charge < -0.3 is 11.1 Å². The van der Waals surface area contributed by atoms with E-state index in [-0.39, 0.29) is 11.6 Å². The Morgan fingerprint density at radius 3 is 2.47 bits per heavy atom. The number of rotatable bonds is 4. The van der Waals surface area contributed by atoms with E-state index < -0.39 is 11.4 Å². The fourth-order valence-electron chi connectivity index (χ4n) is 3.49. The molecule has 0 radical (unpaired) electrons. The third kappa shape index (κ3) is 4.24. The lowest BCUT2D eigenvalue weighted by Gasteiger charge is -2.30. The highest BCUT2D eigenvalue weighted by Crippen LogP contribution is 2.36. The summed E-state index contributed by atoms with van der Waals surface area (Å²) in [5.74, 6) is -0.00431. The first kappa shape index (κ1) is 20.2. The summed E-state index contributed by atoms with van der Waals surface area (Å²) < 4.78 is 14.4. The molecule has 0 saturated heterocycles. The van der Waals surface area contributed by atoms with Crippen LogP contribution >= 0.6 is 11.8 Å². The van der Waals surface area contributed by atoms with E-state index >= 15 is 0 Å². The van der Waals surface area contributed by atoms with Crippen LogP contribution in [0.2, 0.25) is 0 Å². The van der Waals surface area contributed by atoms with E-state index in [0.29, 0.717) is 10.7 Å². The Bertz CT molecular complexity index is 1100. The van der Waals surface area contributed by atoms with Gasteiger partial charge in [-0.2, -0.15) is 0 Å². The largest absolute Gasteiger partial charge is 0.379 e. The average molecular weight is 420 g/mol. The minimum absolute atomic E-state index is 0.137. The fraction of sp³-hybridized carbons (Fsp3) is 0.167. The van der Waals surface area contributed by atoms with Gasteiger partial charge in [-0.3, -0.25) is 9.79 Å². The van der Waals surface area contributed by atoms with E-state index in [1.165, 1.54) is 17.8 Å². The van der Waals surface area contributed by atoms with Gasteiger partial charge in [0.05, 0.1) is 11.2 Å². The molecule has 0 saturated carbocycles. The van der Waals surface area contributed by atoms with Crippen molar-refractivity contribution in [1.29, 1.82) is 0 Å². The molecule has 1 aliphatic rings. The van der Waals surface area contributed by atoms with Gasteiger partial charge in [-0.15, -0.1) is 0 Å². The van der Waals surface area contributed by atoms with Crippen molar-refractivity contribution in [3.05, 3.63) is 89.7 Å². The van der Waals surface area contributed by atoms with E-state index in [9.17, 15) is 9.18 Å². The first-order chi connectivity index (χ1) is 14.4. The molecule has 4 nitrogen and oxygen atoms in total. The quantitative estimate of drug-likeness (QED) is 0.594. The van der Waals surface area contributed by atoms with Crippen LogP contribution in [0.25, 0.3) is 11.1 Å². The van der Waals surface area contributed by atoms with Crippen LogP contribution in [0.4, 0.5) is 10.1 Å². The first-order valence-electron chi connectivity index (χ1n) is 9.70. The molecule has 0 fully saturated rings. The number of nitrogens with zero attached hydrogens (tertiary/aromatic N) is 1. The maximum atomic E-state index is 14.4. The molecule has 30 heavy (non-hydrogen) atoms. The van der Waals surface area contributed by atoms with Crippen molar-refractivity contribution < 1.29 is 9.18 Å². The topological polar surface area (TPSA) is 67.5 Å². The lowest BCUT2D eigenvalue weighted by Crippen LogP contribution is -2.29. The summed E-state index contributed by atoms with van der Waals surface area (Å²) >= 11 is 1.51. The third-order valence-electron chi connectivity index (χ3n) is 5.29. The number of amidine groups is 1. The Hall–Kier alpha value is -3.12. The van der Waals surface area contributed by atoms with Crippen molar-refractivity contribution in [3.63, 3.8) is 0 Å². The number of aliphatic imine (C=N–C) groups is 1. The summed E-state index contributed by atoms with van der Waals surface area (Å²) in [5.41, 5.74) is 8.87. The van der Waals surface area contributed by atoms with Crippen molar-refractivity contribution in [1.82, 2.24) is 0 Å². The smallest absolute Gasteiger partial charge is 0.255 e. The van der Waals surface area contributed by atoms with Gasteiger partial charge in [0.15, 0.2) is 5.17 Å². The summed E-state index contributed by atoms with van der Waals surface area (Å²) in [7, 11) is 0. The summed E-state index contributed by atoms with van der Waals surface area (Å²) in [6.07, 6.45) is 0.790. The molecule has 3 aromatic carbocycles. The molecule has 1 atom stereocenters. The molecule has 1 aliphatic heterocycles. The number of benzene rings is 3. The van der Waals surface area contributed by atoms with Crippen LogP contribution in [0, 0.1) is 5.82 Å². The molecule has 0 bridgehead atoms. The monoisotopic (exact) mass is 419 g/mol. The van der Waals surface area contributed by atoms with Crippen molar-refractivity contribution in [3.8, 4) is 11.1 Å². The van der Waals surface area contributed by atoms with Crippen molar-refractivity contribution in [2.75, 3.05) is 11.1 Å².